The molecule has 1 aromatic heterocycles. The van der Waals surface area contributed by atoms with Crippen LogP contribution in [-0.4, -0.2) is 22.4 Å². The average Bonchev–Trinajstić information content (AvgIpc) is 2.72. The van der Waals surface area contributed by atoms with Crippen LogP contribution in [0.2, 0.25) is 0 Å². The van der Waals surface area contributed by atoms with Crippen LogP contribution in [0.5, 0.6) is 0 Å². The normalized spacial score (nSPS) is 25.6. The number of anilines is 1. The summed E-state index contributed by atoms with van der Waals surface area (Å²) < 4.78 is 1.79. The zero-order chi connectivity index (χ0) is 9.97. The maximum atomic E-state index is 5.76. The van der Waals surface area contributed by atoms with Crippen LogP contribution in [0.1, 0.15) is 6.42 Å². The molecule has 3 N–H and O–H groups in total. The molecule has 0 aliphatic heterocycles. The van der Waals surface area contributed by atoms with Gasteiger partial charge in [0.15, 0.2) is 0 Å². The number of rotatable bonds is 3. The Balaban J connectivity index is 1.81. The fourth-order valence-corrected chi connectivity index (χ4v) is 1.70. The molecule has 0 aromatic carbocycles. The van der Waals surface area contributed by atoms with E-state index in [4.69, 9.17) is 5.73 Å². The minimum atomic E-state index is 0.241. The lowest BCUT2D eigenvalue weighted by atomic mass is 10.1. The van der Waals surface area contributed by atoms with Gasteiger partial charge in [0.05, 0.1) is 0 Å². The molecule has 0 saturated heterocycles. The van der Waals surface area contributed by atoms with E-state index in [0.29, 0.717) is 5.92 Å². The van der Waals surface area contributed by atoms with Crippen LogP contribution in [0.15, 0.2) is 24.4 Å². The number of nitrogens with zero attached hydrogens (tertiary/aromatic N) is 2. The SMILES string of the molecule is Cn1ccc(NCC2C=CC(N)C2)n1. The molecular weight excluding hydrogens is 176 g/mol. The first-order valence-electron chi connectivity index (χ1n) is 4.91. The van der Waals surface area contributed by atoms with Crippen LogP contribution < -0.4 is 11.1 Å². The average molecular weight is 192 g/mol. The number of aryl methyl sites for hydroxylation is 1. The van der Waals surface area contributed by atoms with Gasteiger partial charge in [-0.15, -0.1) is 0 Å². The van der Waals surface area contributed by atoms with Gasteiger partial charge in [0.25, 0.3) is 0 Å². The van der Waals surface area contributed by atoms with Gasteiger partial charge in [-0.3, -0.25) is 4.68 Å². The van der Waals surface area contributed by atoms with E-state index < -0.39 is 0 Å². The third kappa shape index (κ3) is 2.14. The van der Waals surface area contributed by atoms with Crippen LogP contribution in [0.3, 0.4) is 0 Å². The molecule has 2 rings (SSSR count). The highest BCUT2D eigenvalue weighted by molar-refractivity contribution is 5.32. The van der Waals surface area contributed by atoms with Crippen LogP contribution in [-0.2, 0) is 7.05 Å². The summed E-state index contributed by atoms with van der Waals surface area (Å²) >= 11 is 0. The molecule has 1 heterocycles. The Morgan fingerprint density at radius 1 is 1.64 bits per heavy atom. The Bertz CT molecular complexity index is 329. The summed E-state index contributed by atoms with van der Waals surface area (Å²) in [7, 11) is 1.91. The van der Waals surface area contributed by atoms with E-state index in [0.717, 1.165) is 18.8 Å². The van der Waals surface area contributed by atoms with E-state index in [1.807, 2.05) is 19.3 Å². The number of nitrogens with two attached hydrogens (primary N) is 1. The zero-order valence-corrected chi connectivity index (χ0v) is 8.35. The third-order valence-corrected chi connectivity index (χ3v) is 2.46. The van der Waals surface area contributed by atoms with E-state index in [1.165, 1.54) is 0 Å². The number of aromatic nitrogens is 2. The number of hydrogen-bond donors (Lipinski definition) is 2. The largest absolute Gasteiger partial charge is 0.368 e. The highest BCUT2D eigenvalue weighted by Gasteiger charge is 2.15. The fraction of sp³-hybridized carbons (Fsp3) is 0.500. The molecule has 2 atom stereocenters. The Kier molecular flexibility index (Phi) is 2.54. The van der Waals surface area contributed by atoms with Crippen molar-refractivity contribution >= 4 is 5.82 Å². The molecule has 2 unspecified atom stereocenters. The van der Waals surface area contributed by atoms with Gasteiger partial charge < -0.3 is 11.1 Å². The van der Waals surface area contributed by atoms with E-state index in [-0.39, 0.29) is 6.04 Å². The summed E-state index contributed by atoms with van der Waals surface area (Å²) in [6.45, 7) is 0.918. The third-order valence-electron chi connectivity index (χ3n) is 2.46. The zero-order valence-electron chi connectivity index (χ0n) is 8.35. The van der Waals surface area contributed by atoms with Crippen LogP contribution in [0.4, 0.5) is 5.82 Å². The van der Waals surface area contributed by atoms with Gasteiger partial charge in [-0.25, -0.2) is 0 Å². The Morgan fingerprint density at radius 2 is 2.50 bits per heavy atom. The molecule has 4 heteroatoms. The van der Waals surface area contributed by atoms with Gasteiger partial charge in [0, 0.05) is 31.9 Å². The van der Waals surface area contributed by atoms with Gasteiger partial charge in [0.1, 0.15) is 5.82 Å². The summed E-state index contributed by atoms with van der Waals surface area (Å²) in [6.07, 6.45) is 7.23. The van der Waals surface area contributed by atoms with Gasteiger partial charge >= 0.3 is 0 Å². The molecular formula is C10H16N4. The van der Waals surface area contributed by atoms with Crippen molar-refractivity contribution in [1.29, 1.82) is 0 Å². The highest BCUT2D eigenvalue weighted by atomic mass is 15.3. The molecule has 14 heavy (non-hydrogen) atoms. The van der Waals surface area contributed by atoms with Crippen LogP contribution >= 0.6 is 0 Å². The number of hydrogen-bond acceptors (Lipinski definition) is 3. The Labute approximate surface area is 83.8 Å². The summed E-state index contributed by atoms with van der Waals surface area (Å²) in [5, 5.41) is 7.53. The number of nitrogens with one attached hydrogen (secondary N) is 1. The smallest absolute Gasteiger partial charge is 0.147 e. The maximum absolute atomic E-state index is 5.76. The van der Waals surface area contributed by atoms with Crippen molar-refractivity contribution in [2.45, 2.75) is 12.5 Å². The quantitative estimate of drug-likeness (QED) is 0.694. The predicted molar refractivity (Wildman–Crippen MR) is 56.9 cm³/mol. The lowest BCUT2D eigenvalue weighted by molar-refractivity contribution is 0.613. The first-order chi connectivity index (χ1) is 6.74. The summed E-state index contributed by atoms with van der Waals surface area (Å²) in [6, 6.07) is 2.21. The fourth-order valence-electron chi connectivity index (χ4n) is 1.70. The molecule has 0 saturated carbocycles. The van der Waals surface area contributed by atoms with Crippen molar-refractivity contribution < 1.29 is 0 Å². The van der Waals surface area contributed by atoms with Gasteiger partial charge in [-0.2, -0.15) is 5.10 Å². The summed E-state index contributed by atoms with van der Waals surface area (Å²) in [5.74, 6) is 1.48. The Hall–Kier alpha value is -1.29. The molecule has 4 nitrogen and oxygen atoms in total. The second-order valence-corrected chi connectivity index (χ2v) is 3.80. The molecule has 0 spiro atoms. The van der Waals surface area contributed by atoms with Crippen molar-refractivity contribution in [3.8, 4) is 0 Å². The predicted octanol–water partition coefficient (Wildman–Crippen LogP) is 0.735. The summed E-state index contributed by atoms with van der Waals surface area (Å²) in [4.78, 5) is 0. The maximum Gasteiger partial charge on any atom is 0.147 e. The van der Waals surface area contributed by atoms with Gasteiger partial charge in [-0.1, -0.05) is 12.2 Å². The molecule has 0 amide bonds. The van der Waals surface area contributed by atoms with E-state index in [2.05, 4.69) is 22.6 Å². The molecule has 1 aromatic rings. The van der Waals surface area contributed by atoms with Crippen molar-refractivity contribution in [3.05, 3.63) is 24.4 Å². The van der Waals surface area contributed by atoms with Crippen molar-refractivity contribution in [3.63, 3.8) is 0 Å². The second-order valence-electron chi connectivity index (χ2n) is 3.80. The van der Waals surface area contributed by atoms with Crippen LogP contribution in [0.25, 0.3) is 0 Å². The van der Waals surface area contributed by atoms with Crippen molar-refractivity contribution in [2.24, 2.45) is 18.7 Å². The molecule has 1 aliphatic rings. The lowest BCUT2D eigenvalue weighted by Gasteiger charge is -2.09. The first kappa shape index (κ1) is 9.27. The van der Waals surface area contributed by atoms with Crippen molar-refractivity contribution in [1.82, 2.24) is 9.78 Å². The molecule has 0 radical (unpaired) electrons. The molecule has 76 valence electrons. The van der Waals surface area contributed by atoms with Crippen molar-refractivity contribution in [2.75, 3.05) is 11.9 Å². The first-order valence-corrected chi connectivity index (χ1v) is 4.91. The Morgan fingerprint density at radius 3 is 3.07 bits per heavy atom. The highest BCUT2D eigenvalue weighted by Crippen LogP contribution is 2.16. The van der Waals surface area contributed by atoms with E-state index in [9.17, 15) is 0 Å². The topological polar surface area (TPSA) is 55.9 Å². The molecule has 1 aliphatic carbocycles. The molecule has 0 bridgehead atoms. The minimum Gasteiger partial charge on any atom is -0.368 e. The van der Waals surface area contributed by atoms with E-state index in [1.54, 1.807) is 4.68 Å². The van der Waals surface area contributed by atoms with E-state index >= 15 is 0 Å². The van der Waals surface area contributed by atoms with Crippen LogP contribution in [0, 0.1) is 5.92 Å². The summed E-state index contributed by atoms with van der Waals surface area (Å²) in [5.41, 5.74) is 5.76. The lowest BCUT2D eigenvalue weighted by Crippen LogP contribution is -2.18. The van der Waals surface area contributed by atoms with Gasteiger partial charge in [-0.05, 0) is 12.3 Å². The second kappa shape index (κ2) is 3.84. The minimum absolute atomic E-state index is 0.241. The standard InChI is InChI=1S/C10H16N4/c1-14-5-4-10(13-14)12-7-8-2-3-9(11)6-8/h2-5,8-9H,6-7,11H2,1H3,(H,12,13). The molecule has 0 fully saturated rings. The monoisotopic (exact) mass is 192 g/mol. The van der Waals surface area contributed by atoms with Gasteiger partial charge in [0.2, 0.25) is 0 Å².